The minimum Gasteiger partial charge on any atom is -0.479 e. The standard InChI is InChI=1S/C23H34N4O5S/c1-16-13-19-20(32-17(2)22(28)25-19)14-21(16)33(30,31)27-12-5-7-18(15-27)23(29)24-8-6-11-26-9-3-4-10-26/h13-14,17-18H,3-12,15H2,1-2H3,(H,24,29)(H,25,28)/t17-,18-/m1/s1. The van der Waals surface area contributed by atoms with Crippen molar-refractivity contribution in [2.24, 2.45) is 5.92 Å². The summed E-state index contributed by atoms with van der Waals surface area (Å²) in [5, 5.41) is 5.75. The van der Waals surface area contributed by atoms with Gasteiger partial charge in [0.15, 0.2) is 6.10 Å². The largest absolute Gasteiger partial charge is 0.479 e. The zero-order valence-corrected chi connectivity index (χ0v) is 20.2. The number of piperidine rings is 1. The maximum Gasteiger partial charge on any atom is 0.265 e. The van der Waals surface area contributed by atoms with Crippen LogP contribution in [0.4, 0.5) is 5.69 Å². The van der Waals surface area contributed by atoms with Gasteiger partial charge in [-0.05, 0) is 77.2 Å². The summed E-state index contributed by atoms with van der Waals surface area (Å²) in [5.74, 6) is -0.342. The number of hydrogen-bond donors (Lipinski definition) is 2. The molecule has 0 bridgehead atoms. The summed E-state index contributed by atoms with van der Waals surface area (Å²) >= 11 is 0. The summed E-state index contributed by atoms with van der Waals surface area (Å²) in [4.78, 5) is 27.1. The zero-order valence-electron chi connectivity index (χ0n) is 19.4. The number of fused-ring (bicyclic) bond motifs is 1. The molecule has 0 radical (unpaired) electrons. The number of sulfonamides is 1. The van der Waals surface area contributed by atoms with Gasteiger partial charge in [-0.2, -0.15) is 4.31 Å². The summed E-state index contributed by atoms with van der Waals surface area (Å²) in [6, 6.07) is 3.11. The first-order valence-corrected chi connectivity index (χ1v) is 13.3. The fourth-order valence-corrected chi connectivity index (χ4v) is 6.55. The summed E-state index contributed by atoms with van der Waals surface area (Å²) < 4.78 is 33.9. The first-order chi connectivity index (χ1) is 15.8. The van der Waals surface area contributed by atoms with Crippen LogP contribution in [-0.2, 0) is 19.6 Å². The molecule has 2 fully saturated rings. The minimum absolute atomic E-state index is 0.0710. The van der Waals surface area contributed by atoms with Crippen LogP contribution >= 0.6 is 0 Å². The Morgan fingerprint density at radius 1 is 1.21 bits per heavy atom. The Labute approximate surface area is 195 Å². The summed E-state index contributed by atoms with van der Waals surface area (Å²) in [6.45, 7) is 7.76. The van der Waals surface area contributed by atoms with Crippen molar-refractivity contribution in [3.63, 3.8) is 0 Å². The molecule has 1 aromatic rings. The number of hydrogen-bond acceptors (Lipinski definition) is 6. The normalized spacial score (nSPS) is 24.1. The molecule has 10 heteroatoms. The van der Waals surface area contributed by atoms with Crippen LogP contribution in [0.5, 0.6) is 5.75 Å². The number of nitrogens with one attached hydrogen (secondary N) is 2. The Kier molecular flexibility index (Phi) is 7.25. The lowest BCUT2D eigenvalue weighted by Gasteiger charge is -2.32. The van der Waals surface area contributed by atoms with Gasteiger partial charge in [0, 0.05) is 25.7 Å². The topological polar surface area (TPSA) is 108 Å². The van der Waals surface area contributed by atoms with E-state index in [0.29, 0.717) is 42.9 Å². The zero-order chi connectivity index (χ0) is 23.6. The highest BCUT2D eigenvalue weighted by Crippen LogP contribution is 2.36. The molecular formula is C23H34N4O5S. The van der Waals surface area contributed by atoms with Gasteiger partial charge in [-0.15, -0.1) is 0 Å². The second-order valence-corrected chi connectivity index (χ2v) is 11.2. The van der Waals surface area contributed by atoms with Crippen LogP contribution in [0.15, 0.2) is 17.0 Å². The molecule has 0 saturated carbocycles. The van der Waals surface area contributed by atoms with Gasteiger partial charge in [0.25, 0.3) is 5.91 Å². The second-order valence-electron chi connectivity index (χ2n) is 9.26. The van der Waals surface area contributed by atoms with Crippen molar-refractivity contribution in [2.75, 3.05) is 44.6 Å². The number of rotatable bonds is 7. The predicted octanol–water partition coefficient (Wildman–Crippen LogP) is 1.72. The molecule has 3 aliphatic rings. The van der Waals surface area contributed by atoms with E-state index in [-0.39, 0.29) is 29.2 Å². The van der Waals surface area contributed by atoms with Gasteiger partial charge in [0.05, 0.1) is 16.5 Å². The molecule has 2 amide bonds. The molecule has 1 aromatic carbocycles. The average Bonchev–Trinajstić information content (AvgIpc) is 3.31. The maximum absolute atomic E-state index is 13.5. The number of carbonyl (C=O) groups is 2. The third-order valence-corrected chi connectivity index (χ3v) is 8.74. The van der Waals surface area contributed by atoms with Gasteiger partial charge in [-0.25, -0.2) is 8.42 Å². The number of likely N-dealkylation sites (tertiary alicyclic amines) is 1. The molecule has 0 unspecified atom stereocenters. The van der Waals surface area contributed by atoms with Crippen LogP contribution < -0.4 is 15.4 Å². The molecule has 2 saturated heterocycles. The van der Waals surface area contributed by atoms with E-state index in [0.717, 1.165) is 26.1 Å². The maximum atomic E-state index is 13.5. The molecule has 2 atom stereocenters. The van der Waals surface area contributed by atoms with Gasteiger partial charge >= 0.3 is 0 Å². The van der Waals surface area contributed by atoms with Crippen molar-refractivity contribution in [2.45, 2.75) is 57.0 Å². The van der Waals surface area contributed by atoms with Crippen molar-refractivity contribution >= 4 is 27.5 Å². The lowest BCUT2D eigenvalue weighted by Crippen LogP contribution is -2.45. The average molecular weight is 479 g/mol. The second kappa shape index (κ2) is 9.99. The number of carbonyl (C=O) groups excluding carboxylic acids is 2. The van der Waals surface area contributed by atoms with Crippen molar-refractivity contribution < 1.29 is 22.7 Å². The first kappa shape index (κ1) is 24.0. The Balaban J connectivity index is 1.39. The van der Waals surface area contributed by atoms with E-state index in [4.69, 9.17) is 4.74 Å². The lowest BCUT2D eigenvalue weighted by atomic mass is 9.99. The minimum atomic E-state index is -3.81. The summed E-state index contributed by atoms with van der Waals surface area (Å²) in [5.41, 5.74) is 1.00. The number of anilines is 1. The highest BCUT2D eigenvalue weighted by molar-refractivity contribution is 7.89. The quantitative estimate of drug-likeness (QED) is 0.578. The molecule has 3 aliphatic heterocycles. The Morgan fingerprint density at radius 2 is 1.97 bits per heavy atom. The Hall–Kier alpha value is -2.17. The molecule has 0 spiro atoms. The Bertz CT molecular complexity index is 1010. The van der Waals surface area contributed by atoms with Crippen LogP contribution in [0.1, 0.15) is 44.6 Å². The van der Waals surface area contributed by atoms with E-state index in [9.17, 15) is 18.0 Å². The molecule has 2 N–H and O–H groups in total. The van der Waals surface area contributed by atoms with Crippen LogP contribution in [0.3, 0.4) is 0 Å². The first-order valence-electron chi connectivity index (χ1n) is 11.9. The number of ether oxygens (including phenoxy) is 1. The third kappa shape index (κ3) is 5.33. The molecule has 9 nitrogen and oxygen atoms in total. The van der Waals surface area contributed by atoms with Crippen molar-refractivity contribution in [1.82, 2.24) is 14.5 Å². The number of aryl methyl sites for hydroxylation is 1. The smallest absolute Gasteiger partial charge is 0.265 e. The monoisotopic (exact) mass is 478 g/mol. The predicted molar refractivity (Wildman–Crippen MR) is 125 cm³/mol. The van der Waals surface area contributed by atoms with E-state index < -0.39 is 16.1 Å². The van der Waals surface area contributed by atoms with Gasteiger partial charge in [-0.1, -0.05) is 0 Å². The highest BCUT2D eigenvalue weighted by Gasteiger charge is 2.35. The fourth-order valence-electron chi connectivity index (χ4n) is 4.80. The number of benzene rings is 1. The number of nitrogens with zero attached hydrogens (tertiary/aromatic N) is 2. The molecule has 0 aromatic heterocycles. The molecule has 33 heavy (non-hydrogen) atoms. The Morgan fingerprint density at radius 3 is 2.73 bits per heavy atom. The van der Waals surface area contributed by atoms with Crippen LogP contribution in [-0.4, -0.2) is 74.8 Å². The SMILES string of the molecule is Cc1cc2c(cc1S(=O)(=O)N1CCC[C@@H](C(=O)NCCCN3CCCC3)C1)O[C@H](C)C(=O)N2. The highest BCUT2D eigenvalue weighted by atomic mass is 32.2. The van der Waals surface area contributed by atoms with Gasteiger partial charge in [-0.3, -0.25) is 9.59 Å². The van der Waals surface area contributed by atoms with Gasteiger partial charge < -0.3 is 20.3 Å². The van der Waals surface area contributed by atoms with E-state index in [1.165, 1.54) is 23.2 Å². The van der Waals surface area contributed by atoms with Gasteiger partial charge in [0.2, 0.25) is 15.9 Å². The third-order valence-electron chi connectivity index (χ3n) is 6.73. The van der Waals surface area contributed by atoms with Crippen molar-refractivity contribution in [3.05, 3.63) is 17.7 Å². The van der Waals surface area contributed by atoms with Crippen LogP contribution in [0.2, 0.25) is 0 Å². The lowest BCUT2D eigenvalue weighted by molar-refractivity contribution is -0.126. The molecule has 182 valence electrons. The van der Waals surface area contributed by atoms with Gasteiger partial charge in [0.1, 0.15) is 5.75 Å². The van der Waals surface area contributed by atoms with E-state index in [1.807, 2.05) is 0 Å². The molecule has 3 heterocycles. The molecule has 4 rings (SSSR count). The van der Waals surface area contributed by atoms with Crippen LogP contribution in [0.25, 0.3) is 0 Å². The van der Waals surface area contributed by atoms with Crippen molar-refractivity contribution in [3.8, 4) is 5.75 Å². The fraction of sp³-hybridized carbons (Fsp3) is 0.652. The molecular weight excluding hydrogens is 444 g/mol. The van der Waals surface area contributed by atoms with Crippen LogP contribution in [0, 0.1) is 12.8 Å². The van der Waals surface area contributed by atoms with Crippen molar-refractivity contribution in [1.29, 1.82) is 0 Å². The number of amides is 2. The molecule has 0 aliphatic carbocycles. The summed E-state index contributed by atoms with van der Waals surface area (Å²) in [7, 11) is -3.81. The van der Waals surface area contributed by atoms with E-state index in [1.54, 1.807) is 19.9 Å². The van der Waals surface area contributed by atoms with E-state index >= 15 is 0 Å². The summed E-state index contributed by atoms with van der Waals surface area (Å²) in [6.07, 6.45) is 4.04. The van der Waals surface area contributed by atoms with E-state index in [2.05, 4.69) is 15.5 Å².